The summed E-state index contributed by atoms with van der Waals surface area (Å²) in [4.78, 5) is 0. The Morgan fingerprint density at radius 3 is 0.214 bits per heavy atom. The maximum Gasteiger partial charge on any atom is 1.00 e. The summed E-state index contributed by atoms with van der Waals surface area (Å²) in [6.07, 6.45) is 0. The summed E-state index contributed by atoms with van der Waals surface area (Å²) >= 11 is 0. The van der Waals surface area contributed by atoms with Gasteiger partial charge in [0, 0.05) is 0 Å². The van der Waals surface area contributed by atoms with E-state index in [-0.39, 0.29) is 81.0 Å². The summed E-state index contributed by atoms with van der Waals surface area (Å²) in [7, 11) is -20.0. The fourth-order valence-electron chi connectivity index (χ4n) is 0. The van der Waals surface area contributed by atoms with E-state index in [0.29, 0.717) is 0 Å². The number of hydrogen-bond acceptors (Lipinski definition) is 27. The molecule has 0 aliphatic carbocycles. The van der Waals surface area contributed by atoms with Crippen molar-refractivity contribution in [1.82, 2.24) is 0 Å². The normalized spacial score (nSPS) is 5.79. The van der Waals surface area contributed by atoms with Crippen molar-refractivity contribution in [3.63, 3.8) is 0 Å². The summed E-state index contributed by atoms with van der Waals surface area (Å²) in [6.45, 7) is 0. The summed E-state index contributed by atoms with van der Waals surface area (Å²) in [5.41, 5.74) is 0. The van der Waals surface area contributed by atoms with Crippen LogP contribution in [0.2, 0.25) is 0 Å². The van der Waals surface area contributed by atoms with E-state index < -0.39 is 65.9 Å². The smallest absolute Gasteiger partial charge is 0.871 e. The van der Waals surface area contributed by atoms with Crippen LogP contribution >= 0.6 is 0 Å². The van der Waals surface area contributed by atoms with Gasteiger partial charge >= 0.3 is 118 Å². The van der Waals surface area contributed by atoms with Crippen molar-refractivity contribution in [2.75, 3.05) is 0 Å². The maximum atomic E-state index is 8.53. The second-order valence-corrected chi connectivity index (χ2v) is 3.08. The van der Waals surface area contributed by atoms with Crippen LogP contribution in [0.1, 0.15) is 0 Å². The minimum Gasteiger partial charge on any atom is -0.871 e. The molecule has 33 N–H and O–H groups in total. The molecule has 0 heterocycles. The van der Waals surface area contributed by atoms with Crippen molar-refractivity contribution in [2.24, 2.45) is 0 Å². The van der Waals surface area contributed by atoms with Crippen molar-refractivity contribution >= 4 is 65.9 Å². The average molecular weight is 673 g/mol. The molecule has 0 aliphatic heterocycles. The van der Waals surface area contributed by atoms with Crippen molar-refractivity contribution in [1.29, 1.82) is 0 Å². The molecule has 0 aromatic carbocycles. The molecule has 0 radical (unpaired) electrons. The first kappa shape index (κ1) is 96.7. The largest absolute Gasteiger partial charge is 1.00 e. The van der Waals surface area contributed by atoms with Crippen LogP contribution in [-0.2, 0) is 0 Å². The van der Waals surface area contributed by atoms with Gasteiger partial charge in [-0.25, -0.2) is 0 Å². The molecule has 42 heavy (non-hydrogen) atoms. The predicted molar refractivity (Wildman–Crippen MR) is 122 cm³/mol. The fraction of sp³-hybridized carbons (Fsp3) is 0. The van der Waals surface area contributed by atoms with Crippen LogP contribution in [0, 0.1) is 0 Å². The van der Waals surface area contributed by atoms with Crippen LogP contribution in [0.3, 0.4) is 0 Å². The van der Waals surface area contributed by atoms with Gasteiger partial charge in [0.15, 0.2) is 0 Å². The van der Waals surface area contributed by atoms with Gasteiger partial charge in [0.1, 0.15) is 0 Å². The third-order valence-electron chi connectivity index (χ3n) is 0. The molecule has 248 valence electrons. The third-order valence-corrected chi connectivity index (χ3v) is 0. The second-order valence-electron chi connectivity index (χ2n) is 3.08. The molecule has 0 spiro atoms. The van der Waals surface area contributed by atoms with Crippen LogP contribution in [0.4, 0.5) is 0 Å². The molecule has 0 rings (SSSR count). The van der Waals surface area contributed by atoms with E-state index >= 15 is 0 Å². The third kappa shape index (κ3) is 37200. The minimum absolute atomic E-state index is 0. The zero-order valence-electron chi connectivity index (χ0n) is 21.2. The Bertz CT molecular complexity index is 171. The van der Waals surface area contributed by atoms with Gasteiger partial charge in [-0.2, -0.15) is 0 Å². The standard InChI is InChI=1S/8BH3O3.BHO3.2Na.4H2O/c9*2-1(3)4;;;;;;/h8*2-4H;2H;;;4*1H2/q;;;;;;;;-2;2*+1;;;;. The Balaban J connectivity index is -0.0000000148. The Labute approximate surface area is 281 Å². The van der Waals surface area contributed by atoms with E-state index in [9.17, 15) is 0 Å². The van der Waals surface area contributed by atoms with Crippen LogP contribution in [0.15, 0.2) is 0 Å². The van der Waals surface area contributed by atoms with E-state index in [1.54, 1.807) is 0 Å². The summed E-state index contributed by atoms with van der Waals surface area (Å²) < 4.78 is 0. The van der Waals surface area contributed by atoms with Gasteiger partial charge in [-0.3, -0.25) is 0 Å². The van der Waals surface area contributed by atoms with Crippen LogP contribution in [0.5, 0.6) is 0 Å². The zero-order valence-corrected chi connectivity index (χ0v) is 25.2. The SMILES string of the molecule is O.O.O.O.OB(O)O.OB(O)O.OB(O)O.OB(O)O.OB(O)O.OB(O)O.OB(O)O.OB(O)O.[Na+].[Na+].[O-]B([O-])O. The van der Waals surface area contributed by atoms with E-state index in [2.05, 4.69) is 0 Å². The molecule has 0 atom stereocenters. The predicted octanol–water partition coefficient (Wildman–Crippen LogP) is -29.0. The molecule has 0 amide bonds. The average Bonchev–Trinajstić information content (AvgIpc) is 2.39. The van der Waals surface area contributed by atoms with E-state index in [1.165, 1.54) is 0 Å². The molecule has 0 fully saturated rings. The van der Waals surface area contributed by atoms with Gasteiger partial charge in [-0.1, -0.05) is 0 Å². The Kier molecular flexibility index (Phi) is 208. The van der Waals surface area contributed by atoms with Gasteiger partial charge in [-0.05, 0) is 0 Å². The molecule has 31 nitrogen and oxygen atoms in total. The molecule has 42 heteroatoms. The van der Waals surface area contributed by atoms with Gasteiger partial charge in [0.25, 0.3) is 0 Å². The van der Waals surface area contributed by atoms with Crippen molar-refractivity contribution in [3.05, 3.63) is 0 Å². The van der Waals surface area contributed by atoms with Gasteiger partial charge in [0.05, 0.1) is 7.32 Å². The van der Waals surface area contributed by atoms with Crippen molar-refractivity contribution < 1.29 is 217 Å². The summed E-state index contributed by atoms with van der Waals surface area (Å²) in [5, 5.41) is 196. The van der Waals surface area contributed by atoms with Crippen molar-refractivity contribution in [2.45, 2.75) is 0 Å². The maximum absolute atomic E-state index is 8.53. The Hall–Kier alpha value is 1.34. The first-order chi connectivity index (χ1) is 15.6. The van der Waals surface area contributed by atoms with Crippen molar-refractivity contribution in [3.8, 4) is 0 Å². The van der Waals surface area contributed by atoms with E-state index in [4.69, 9.17) is 136 Å². The molecule has 0 unspecified atom stereocenters. The Morgan fingerprint density at radius 2 is 0.214 bits per heavy atom. The number of hydrogen-bond donors (Lipinski definition) is 25. The van der Waals surface area contributed by atoms with Crippen LogP contribution < -0.4 is 69.2 Å². The van der Waals surface area contributed by atoms with Gasteiger partial charge in [0.2, 0.25) is 0 Å². The second kappa shape index (κ2) is 90.1. The summed E-state index contributed by atoms with van der Waals surface area (Å²) in [5.74, 6) is 0. The first-order valence-corrected chi connectivity index (χ1v) is 6.93. The van der Waals surface area contributed by atoms with E-state index in [1.807, 2.05) is 0 Å². The molecule has 0 saturated heterocycles. The molecular weight excluding hydrogens is 639 g/mol. The first-order valence-electron chi connectivity index (χ1n) is 6.93. The quantitative estimate of drug-likeness (QED) is 0.106. The molecule has 0 saturated carbocycles. The zero-order chi connectivity index (χ0) is 32.2. The van der Waals surface area contributed by atoms with Crippen LogP contribution in [0.25, 0.3) is 0 Å². The molecule has 0 bridgehead atoms. The number of rotatable bonds is 0. The van der Waals surface area contributed by atoms with Gasteiger partial charge < -0.3 is 158 Å². The Morgan fingerprint density at radius 1 is 0.214 bits per heavy atom. The fourth-order valence-corrected chi connectivity index (χ4v) is 0. The van der Waals surface area contributed by atoms with E-state index in [0.717, 1.165) is 0 Å². The topological polar surface area (TPSA) is 678 Å². The molecule has 0 aliphatic rings. The van der Waals surface area contributed by atoms with Crippen LogP contribution in [-0.4, -0.2) is 213 Å². The molecular formula is H33B9Na2O31. The minimum atomic E-state index is -2.67. The monoisotopic (exact) mass is 674 g/mol. The molecule has 0 aromatic heterocycles. The summed E-state index contributed by atoms with van der Waals surface area (Å²) in [6, 6.07) is 0. The van der Waals surface area contributed by atoms with Gasteiger partial charge in [-0.15, -0.1) is 0 Å². The molecule has 0 aromatic rings.